The van der Waals surface area contributed by atoms with Gasteiger partial charge in [0.2, 0.25) is 5.91 Å². The van der Waals surface area contributed by atoms with E-state index in [1.54, 1.807) is 34.7 Å². The number of pyridine rings is 1. The number of thiazole rings is 1. The van der Waals surface area contributed by atoms with Crippen molar-refractivity contribution in [2.75, 3.05) is 38.0 Å². The van der Waals surface area contributed by atoms with Crippen LogP contribution >= 0.6 is 11.3 Å². The molecule has 0 bridgehead atoms. The molecular weight excluding hydrogens is 431 g/mol. The lowest BCUT2D eigenvalue weighted by Crippen LogP contribution is -2.51. The molecule has 0 spiro atoms. The Bertz CT molecular complexity index is 1070. The molecule has 1 saturated heterocycles. The minimum absolute atomic E-state index is 0.0706. The van der Waals surface area contributed by atoms with Gasteiger partial charge in [-0.05, 0) is 24.3 Å². The molecule has 8 nitrogen and oxygen atoms in total. The normalized spacial score (nSPS) is 14.2. The van der Waals surface area contributed by atoms with Crippen molar-refractivity contribution in [2.45, 2.75) is 6.54 Å². The molecule has 0 unspecified atom stereocenters. The number of carbonyl (C=O) groups is 2. The van der Waals surface area contributed by atoms with E-state index >= 15 is 0 Å². The molecule has 0 radical (unpaired) electrons. The molecule has 0 aliphatic carbocycles. The van der Waals surface area contributed by atoms with Crippen LogP contribution in [-0.4, -0.2) is 64.3 Å². The number of para-hydroxylation sites is 1. The molecular formula is C22H23FN6O2S. The van der Waals surface area contributed by atoms with Crippen LogP contribution in [0.15, 0.2) is 54.0 Å². The zero-order valence-corrected chi connectivity index (χ0v) is 18.1. The van der Waals surface area contributed by atoms with Crippen molar-refractivity contribution < 1.29 is 14.0 Å². The number of carbonyl (C=O) groups excluding carboxylic acids is 2. The fraction of sp³-hybridized carbons (Fsp3) is 0.273. The van der Waals surface area contributed by atoms with Crippen LogP contribution in [0.3, 0.4) is 0 Å². The molecule has 10 heteroatoms. The summed E-state index contributed by atoms with van der Waals surface area (Å²) in [4.78, 5) is 37.2. The summed E-state index contributed by atoms with van der Waals surface area (Å²) in [6, 6.07) is 11.9. The lowest BCUT2D eigenvalue weighted by atomic mass is 10.3. The van der Waals surface area contributed by atoms with Crippen molar-refractivity contribution in [3.63, 3.8) is 0 Å². The van der Waals surface area contributed by atoms with Crippen molar-refractivity contribution in [2.24, 2.45) is 0 Å². The Kier molecular flexibility index (Phi) is 7.03. The first kappa shape index (κ1) is 21.8. The largest absolute Gasteiger partial charge is 0.349 e. The van der Waals surface area contributed by atoms with Crippen LogP contribution < -0.4 is 10.6 Å². The summed E-state index contributed by atoms with van der Waals surface area (Å²) in [5.74, 6) is -0.614. The molecule has 4 rings (SSSR count). The second-order valence-electron chi connectivity index (χ2n) is 7.31. The summed E-state index contributed by atoms with van der Waals surface area (Å²) in [6.45, 7) is 2.91. The maximum absolute atomic E-state index is 13.8. The van der Waals surface area contributed by atoms with E-state index in [1.807, 2.05) is 23.1 Å². The summed E-state index contributed by atoms with van der Waals surface area (Å²) < 4.78 is 13.8. The van der Waals surface area contributed by atoms with E-state index in [-0.39, 0.29) is 24.2 Å². The number of anilines is 2. The van der Waals surface area contributed by atoms with Crippen molar-refractivity contribution in [3.05, 3.63) is 71.2 Å². The SMILES string of the molecule is O=C(CN1CCN(C(=O)c2csc(Nc3ccccc3F)n2)CC1)NCc1ccccn1. The minimum atomic E-state index is -0.379. The van der Waals surface area contributed by atoms with Crippen molar-refractivity contribution in [3.8, 4) is 0 Å². The summed E-state index contributed by atoms with van der Waals surface area (Å²) >= 11 is 1.25. The molecule has 2 amide bonds. The maximum Gasteiger partial charge on any atom is 0.273 e. The molecule has 0 atom stereocenters. The van der Waals surface area contributed by atoms with Crippen molar-refractivity contribution >= 4 is 34.0 Å². The number of rotatable bonds is 7. The monoisotopic (exact) mass is 454 g/mol. The van der Waals surface area contributed by atoms with Gasteiger partial charge in [0.05, 0.1) is 24.5 Å². The van der Waals surface area contributed by atoms with Crippen LogP contribution in [0.25, 0.3) is 0 Å². The van der Waals surface area contributed by atoms with Gasteiger partial charge < -0.3 is 15.5 Å². The first-order chi connectivity index (χ1) is 15.6. The van der Waals surface area contributed by atoms with Gasteiger partial charge in [0.1, 0.15) is 11.5 Å². The Morgan fingerprint density at radius 3 is 2.59 bits per heavy atom. The average molecular weight is 455 g/mol. The lowest BCUT2D eigenvalue weighted by Gasteiger charge is -2.33. The predicted molar refractivity (Wildman–Crippen MR) is 120 cm³/mol. The van der Waals surface area contributed by atoms with E-state index in [4.69, 9.17) is 0 Å². The van der Waals surface area contributed by atoms with Gasteiger partial charge in [0, 0.05) is 37.8 Å². The Morgan fingerprint density at radius 2 is 1.84 bits per heavy atom. The van der Waals surface area contributed by atoms with Crippen LogP contribution in [0.1, 0.15) is 16.2 Å². The molecule has 166 valence electrons. The van der Waals surface area contributed by atoms with E-state index in [0.717, 1.165) is 5.69 Å². The number of aromatic nitrogens is 2. The Hall–Kier alpha value is -3.37. The molecule has 0 saturated carbocycles. The van der Waals surface area contributed by atoms with Gasteiger partial charge in [0.15, 0.2) is 5.13 Å². The van der Waals surface area contributed by atoms with Crippen LogP contribution in [0.2, 0.25) is 0 Å². The second-order valence-corrected chi connectivity index (χ2v) is 8.17. The fourth-order valence-electron chi connectivity index (χ4n) is 3.33. The third kappa shape index (κ3) is 5.65. The Balaban J connectivity index is 1.23. The first-order valence-corrected chi connectivity index (χ1v) is 11.1. The molecule has 3 aromatic rings. The highest BCUT2D eigenvalue weighted by molar-refractivity contribution is 7.14. The van der Waals surface area contributed by atoms with Crippen LogP contribution in [0.4, 0.5) is 15.2 Å². The highest BCUT2D eigenvalue weighted by Gasteiger charge is 2.25. The number of benzene rings is 1. The number of hydrogen-bond donors (Lipinski definition) is 2. The quantitative estimate of drug-likeness (QED) is 0.570. The molecule has 32 heavy (non-hydrogen) atoms. The van der Waals surface area contributed by atoms with E-state index in [9.17, 15) is 14.0 Å². The van der Waals surface area contributed by atoms with E-state index in [2.05, 4.69) is 20.6 Å². The molecule has 1 aromatic carbocycles. The standard InChI is InChI=1S/C22H23FN6O2S/c23-17-6-1-2-7-18(17)26-22-27-19(15-32-22)21(31)29-11-9-28(10-12-29)14-20(30)25-13-16-5-3-4-8-24-16/h1-8,15H,9-14H2,(H,25,30)(H,26,27). The zero-order valence-electron chi connectivity index (χ0n) is 17.3. The second kappa shape index (κ2) is 10.3. The van der Waals surface area contributed by atoms with Gasteiger partial charge in [-0.25, -0.2) is 9.37 Å². The number of nitrogens with zero attached hydrogens (tertiary/aromatic N) is 4. The predicted octanol–water partition coefficient (Wildman–Crippen LogP) is 2.50. The highest BCUT2D eigenvalue weighted by Crippen LogP contribution is 2.23. The topological polar surface area (TPSA) is 90.5 Å². The highest BCUT2D eigenvalue weighted by atomic mass is 32.1. The van der Waals surface area contributed by atoms with E-state index < -0.39 is 0 Å². The molecule has 2 aromatic heterocycles. The van der Waals surface area contributed by atoms with Gasteiger partial charge >= 0.3 is 0 Å². The number of amides is 2. The number of halogens is 1. The zero-order chi connectivity index (χ0) is 22.3. The van der Waals surface area contributed by atoms with Gasteiger partial charge in [0.25, 0.3) is 5.91 Å². The summed E-state index contributed by atoms with van der Waals surface area (Å²) in [5.41, 5.74) is 1.45. The Labute approximate surface area is 189 Å². The number of nitrogens with one attached hydrogen (secondary N) is 2. The number of piperazine rings is 1. The smallest absolute Gasteiger partial charge is 0.273 e. The Morgan fingerprint density at radius 1 is 1.06 bits per heavy atom. The van der Waals surface area contributed by atoms with Crippen LogP contribution in [-0.2, 0) is 11.3 Å². The van der Waals surface area contributed by atoms with Gasteiger partial charge in [-0.2, -0.15) is 0 Å². The molecule has 1 fully saturated rings. The first-order valence-electron chi connectivity index (χ1n) is 10.2. The third-order valence-electron chi connectivity index (χ3n) is 5.06. The maximum atomic E-state index is 13.8. The van der Waals surface area contributed by atoms with Gasteiger partial charge in [-0.3, -0.25) is 19.5 Å². The summed E-state index contributed by atoms with van der Waals surface area (Å²) in [6.07, 6.45) is 1.69. The van der Waals surface area contributed by atoms with Crippen molar-refractivity contribution in [1.82, 2.24) is 25.1 Å². The van der Waals surface area contributed by atoms with Crippen molar-refractivity contribution in [1.29, 1.82) is 0 Å². The fourth-order valence-corrected chi connectivity index (χ4v) is 4.03. The summed E-state index contributed by atoms with van der Waals surface area (Å²) in [5, 5.41) is 7.90. The van der Waals surface area contributed by atoms with E-state index in [1.165, 1.54) is 17.4 Å². The average Bonchev–Trinajstić information content (AvgIpc) is 3.28. The van der Waals surface area contributed by atoms with Gasteiger partial charge in [-0.15, -0.1) is 11.3 Å². The minimum Gasteiger partial charge on any atom is -0.349 e. The van der Waals surface area contributed by atoms with Crippen LogP contribution in [0.5, 0.6) is 0 Å². The molecule has 2 N–H and O–H groups in total. The van der Waals surface area contributed by atoms with Crippen LogP contribution in [0, 0.1) is 5.82 Å². The molecule has 1 aliphatic rings. The molecule has 1 aliphatic heterocycles. The van der Waals surface area contributed by atoms with Gasteiger partial charge in [-0.1, -0.05) is 18.2 Å². The molecule has 3 heterocycles. The number of hydrogen-bond acceptors (Lipinski definition) is 7. The summed E-state index contributed by atoms with van der Waals surface area (Å²) in [7, 11) is 0. The van der Waals surface area contributed by atoms with E-state index in [0.29, 0.717) is 49.2 Å². The lowest BCUT2D eigenvalue weighted by molar-refractivity contribution is -0.122. The third-order valence-corrected chi connectivity index (χ3v) is 5.82.